The minimum absolute atomic E-state index is 0.967. The number of hydrogen-bond donors (Lipinski definition) is 0. The maximum absolute atomic E-state index is 4.37. The highest BCUT2D eigenvalue weighted by Crippen LogP contribution is 2.05. The molecule has 0 radical (unpaired) electrons. The largest absolute Gasteiger partial charge is 0.292 e. The first-order chi connectivity index (χ1) is 9.91. The number of nitrogens with zero attached hydrogens (tertiary/aromatic N) is 2. The summed E-state index contributed by atoms with van der Waals surface area (Å²) < 4.78 is 0. The molecule has 20 heavy (non-hydrogen) atoms. The summed E-state index contributed by atoms with van der Waals surface area (Å²) in [5.74, 6) is 0. The maximum Gasteiger partial charge on any atom is 0.0390 e. The maximum atomic E-state index is 4.37. The molecule has 0 atom stereocenters. The summed E-state index contributed by atoms with van der Waals surface area (Å²) in [6.07, 6.45) is 19.8. The van der Waals surface area contributed by atoms with Crippen LogP contribution in [0.4, 0.5) is 0 Å². The Hall–Kier alpha value is -0.660. The van der Waals surface area contributed by atoms with Gasteiger partial charge in [0.1, 0.15) is 0 Å². The summed E-state index contributed by atoms with van der Waals surface area (Å²) in [7, 11) is 0. The van der Waals surface area contributed by atoms with E-state index in [1.165, 1.54) is 77.0 Å². The van der Waals surface area contributed by atoms with E-state index < -0.39 is 0 Å². The van der Waals surface area contributed by atoms with Crippen molar-refractivity contribution in [3.63, 3.8) is 0 Å². The van der Waals surface area contributed by atoms with Gasteiger partial charge in [-0.2, -0.15) is 0 Å². The molecule has 0 N–H and O–H groups in total. The number of hydrogen-bond acceptors (Lipinski definition) is 2. The van der Waals surface area contributed by atoms with E-state index in [0.717, 1.165) is 13.1 Å². The average molecular weight is 280 g/mol. The predicted octanol–water partition coefficient (Wildman–Crippen LogP) is 5.85. The highest BCUT2D eigenvalue weighted by atomic mass is 14.7. The lowest BCUT2D eigenvalue weighted by atomic mass is 10.1. The van der Waals surface area contributed by atoms with Gasteiger partial charge in [-0.05, 0) is 12.8 Å². The van der Waals surface area contributed by atoms with Crippen molar-refractivity contribution in [2.75, 3.05) is 13.1 Å². The van der Waals surface area contributed by atoms with E-state index in [4.69, 9.17) is 0 Å². The zero-order chi connectivity index (χ0) is 14.7. The van der Waals surface area contributed by atoms with Gasteiger partial charge in [0.25, 0.3) is 0 Å². The van der Waals surface area contributed by atoms with Gasteiger partial charge in [0, 0.05) is 25.5 Å². The third-order valence-electron chi connectivity index (χ3n) is 3.56. The summed E-state index contributed by atoms with van der Waals surface area (Å²) in [4.78, 5) is 8.75. The van der Waals surface area contributed by atoms with Crippen LogP contribution in [0.3, 0.4) is 0 Å². The first-order valence-electron chi connectivity index (χ1n) is 8.90. The van der Waals surface area contributed by atoms with Crippen molar-refractivity contribution in [1.82, 2.24) is 0 Å². The van der Waals surface area contributed by atoms with Crippen LogP contribution in [0.1, 0.15) is 90.9 Å². The minimum atomic E-state index is 0.967. The molecule has 0 rings (SSSR count). The standard InChI is InChI=1S/C18H36N2/c1-3-5-7-9-11-13-15-19-17-18-20-16-14-12-10-8-6-4-2/h17-18H,3-16H2,1-2H3/b19-17-,20-18+. The Morgan fingerprint density at radius 1 is 0.500 bits per heavy atom. The van der Waals surface area contributed by atoms with Gasteiger partial charge in [0.15, 0.2) is 0 Å². The van der Waals surface area contributed by atoms with Crippen molar-refractivity contribution in [2.45, 2.75) is 90.9 Å². The van der Waals surface area contributed by atoms with Crippen LogP contribution in [-0.2, 0) is 0 Å². The van der Waals surface area contributed by atoms with E-state index in [1.54, 1.807) is 0 Å². The molecule has 0 bridgehead atoms. The normalized spacial score (nSPS) is 11.9. The lowest BCUT2D eigenvalue weighted by Crippen LogP contribution is -1.87. The zero-order valence-corrected chi connectivity index (χ0v) is 13.9. The Balaban J connectivity index is 3.15. The molecule has 0 aromatic carbocycles. The Labute approximate surface area is 127 Å². The fraction of sp³-hybridized carbons (Fsp3) is 0.889. The monoisotopic (exact) mass is 280 g/mol. The predicted molar refractivity (Wildman–Crippen MR) is 93.5 cm³/mol. The van der Waals surface area contributed by atoms with E-state index in [2.05, 4.69) is 23.8 Å². The fourth-order valence-electron chi connectivity index (χ4n) is 2.21. The first-order valence-corrected chi connectivity index (χ1v) is 8.90. The molecule has 2 nitrogen and oxygen atoms in total. The molecule has 2 heteroatoms. The van der Waals surface area contributed by atoms with Gasteiger partial charge in [0.05, 0.1) is 0 Å². The Morgan fingerprint density at radius 3 is 1.25 bits per heavy atom. The second-order valence-corrected chi connectivity index (χ2v) is 5.65. The second kappa shape index (κ2) is 18.3. The summed E-state index contributed by atoms with van der Waals surface area (Å²) in [5, 5.41) is 0. The van der Waals surface area contributed by atoms with Crippen LogP contribution < -0.4 is 0 Å². The van der Waals surface area contributed by atoms with Gasteiger partial charge in [-0.1, -0.05) is 78.1 Å². The van der Waals surface area contributed by atoms with Crippen LogP contribution >= 0.6 is 0 Å². The third kappa shape index (κ3) is 17.3. The van der Waals surface area contributed by atoms with E-state index >= 15 is 0 Å². The van der Waals surface area contributed by atoms with Crippen LogP contribution in [0.25, 0.3) is 0 Å². The zero-order valence-electron chi connectivity index (χ0n) is 13.9. The average Bonchev–Trinajstić information content (AvgIpc) is 2.47. The SMILES string of the molecule is CCCCCCCC/N=C\C=N\CCCCCCCC. The van der Waals surface area contributed by atoms with Crippen molar-refractivity contribution in [3.05, 3.63) is 0 Å². The smallest absolute Gasteiger partial charge is 0.0390 e. The summed E-state index contributed by atoms with van der Waals surface area (Å²) >= 11 is 0. The highest BCUT2D eigenvalue weighted by molar-refractivity contribution is 6.15. The molecule has 0 saturated heterocycles. The molecule has 0 aliphatic heterocycles. The molecular weight excluding hydrogens is 244 g/mol. The van der Waals surface area contributed by atoms with Gasteiger partial charge >= 0.3 is 0 Å². The van der Waals surface area contributed by atoms with Crippen molar-refractivity contribution < 1.29 is 0 Å². The molecule has 0 spiro atoms. The Morgan fingerprint density at radius 2 is 0.850 bits per heavy atom. The first kappa shape index (κ1) is 19.3. The van der Waals surface area contributed by atoms with Crippen LogP contribution in [0.5, 0.6) is 0 Å². The van der Waals surface area contributed by atoms with Crippen LogP contribution in [0.2, 0.25) is 0 Å². The van der Waals surface area contributed by atoms with Crippen LogP contribution in [0.15, 0.2) is 9.98 Å². The van der Waals surface area contributed by atoms with Crippen molar-refractivity contribution in [2.24, 2.45) is 9.98 Å². The second-order valence-electron chi connectivity index (χ2n) is 5.65. The molecule has 0 aliphatic rings. The van der Waals surface area contributed by atoms with E-state index in [0.29, 0.717) is 0 Å². The lowest BCUT2D eigenvalue weighted by Gasteiger charge is -1.97. The molecule has 0 fully saturated rings. The molecular formula is C18H36N2. The topological polar surface area (TPSA) is 24.7 Å². The summed E-state index contributed by atoms with van der Waals surface area (Å²) in [5.41, 5.74) is 0. The van der Waals surface area contributed by atoms with Crippen molar-refractivity contribution >= 4 is 12.4 Å². The highest BCUT2D eigenvalue weighted by Gasteiger charge is 1.89. The van der Waals surface area contributed by atoms with Crippen LogP contribution in [-0.4, -0.2) is 25.5 Å². The Bertz CT molecular complexity index is 197. The van der Waals surface area contributed by atoms with E-state index in [1.807, 2.05) is 12.4 Å². The molecule has 0 heterocycles. The molecule has 0 aliphatic carbocycles. The molecule has 0 saturated carbocycles. The fourth-order valence-corrected chi connectivity index (χ4v) is 2.21. The number of rotatable bonds is 15. The molecule has 118 valence electrons. The van der Waals surface area contributed by atoms with Crippen LogP contribution in [0, 0.1) is 0 Å². The molecule has 0 unspecified atom stereocenters. The third-order valence-corrected chi connectivity index (χ3v) is 3.56. The number of aliphatic imine (C=N–C) groups is 2. The van der Waals surface area contributed by atoms with E-state index in [9.17, 15) is 0 Å². The minimum Gasteiger partial charge on any atom is -0.292 e. The van der Waals surface area contributed by atoms with Crippen molar-refractivity contribution in [1.29, 1.82) is 0 Å². The van der Waals surface area contributed by atoms with Crippen molar-refractivity contribution in [3.8, 4) is 0 Å². The van der Waals surface area contributed by atoms with Gasteiger partial charge in [-0.25, -0.2) is 0 Å². The lowest BCUT2D eigenvalue weighted by molar-refractivity contribution is 0.612. The Kier molecular flexibility index (Phi) is 17.7. The van der Waals surface area contributed by atoms with Gasteiger partial charge in [0.2, 0.25) is 0 Å². The molecule has 0 aromatic heterocycles. The number of unbranched alkanes of at least 4 members (excludes halogenated alkanes) is 10. The summed E-state index contributed by atoms with van der Waals surface area (Å²) in [6, 6.07) is 0. The van der Waals surface area contributed by atoms with Gasteiger partial charge < -0.3 is 0 Å². The molecule has 0 amide bonds. The molecule has 0 aromatic rings. The van der Waals surface area contributed by atoms with Gasteiger partial charge in [-0.15, -0.1) is 0 Å². The van der Waals surface area contributed by atoms with E-state index in [-0.39, 0.29) is 0 Å². The summed E-state index contributed by atoms with van der Waals surface area (Å²) in [6.45, 7) is 6.45. The quantitative estimate of drug-likeness (QED) is 0.265. The van der Waals surface area contributed by atoms with Gasteiger partial charge in [-0.3, -0.25) is 9.98 Å².